The van der Waals surface area contributed by atoms with E-state index in [0.717, 1.165) is 50.0 Å². The molecule has 3 heteroatoms. The maximum absolute atomic E-state index is 9.86. The molecule has 0 bridgehead atoms. The average Bonchev–Trinajstić information content (AvgIpc) is 2.50. The first-order valence-electron chi connectivity index (χ1n) is 5.95. The van der Waals surface area contributed by atoms with E-state index < -0.39 is 0 Å². The quantitative estimate of drug-likeness (QED) is 0.783. The zero-order valence-electron chi connectivity index (χ0n) is 10.1. The summed E-state index contributed by atoms with van der Waals surface area (Å²) in [4.78, 5) is 0. The summed E-state index contributed by atoms with van der Waals surface area (Å²) in [5, 5.41) is 14.2. The largest absolute Gasteiger partial charge is 0.504 e. The first-order chi connectivity index (χ1) is 7.20. The number of hydrogen-bond donors (Lipinski definition) is 1. The molecule has 0 radical (unpaired) electrons. The van der Waals surface area contributed by atoms with Crippen LogP contribution in [0.2, 0.25) is 0 Å². The van der Waals surface area contributed by atoms with E-state index in [1.54, 1.807) is 0 Å². The molecule has 1 aromatic rings. The van der Waals surface area contributed by atoms with E-state index in [4.69, 9.17) is 0 Å². The first kappa shape index (κ1) is 12.1. The van der Waals surface area contributed by atoms with Gasteiger partial charge in [-0.1, -0.05) is 26.7 Å². The van der Waals surface area contributed by atoms with E-state index in [9.17, 15) is 5.11 Å². The molecule has 1 rings (SSSR count). The Balaban J connectivity index is 2.78. The van der Waals surface area contributed by atoms with Gasteiger partial charge in [-0.05, 0) is 26.2 Å². The Hall–Kier alpha value is -0.990. The van der Waals surface area contributed by atoms with Crippen LogP contribution in [-0.4, -0.2) is 14.9 Å². The van der Waals surface area contributed by atoms with E-state index in [2.05, 4.69) is 18.9 Å². The van der Waals surface area contributed by atoms with Crippen molar-refractivity contribution >= 4 is 0 Å². The normalized spacial score (nSPS) is 10.9. The van der Waals surface area contributed by atoms with Gasteiger partial charge in [0.2, 0.25) is 0 Å². The number of nitrogens with zero attached hydrogens (tertiary/aromatic N) is 2. The van der Waals surface area contributed by atoms with Gasteiger partial charge in [-0.2, -0.15) is 5.10 Å². The van der Waals surface area contributed by atoms with Crippen molar-refractivity contribution in [2.45, 2.75) is 59.4 Å². The van der Waals surface area contributed by atoms with Crippen LogP contribution >= 0.6 is 0 Å². The van der Waals surface area contributed by atoms with Crippen molar-refractivity contribution in [3.63, 3.8) is 0 Å². The highest BCUT2D eigenvalue weighted by Gasteiger charge is 2.12. The SMILES string of the molecule is CCCCc1c(O)c(C)nn1CCCC. The van der Waals surface area contributed by atoms with Gasteiger partial charge in [-0.15, -0.1) is 0 Å². The van der Waals surface area contributed by atoms with E-state index in [-0.39, 0.29) is 0 Å². The molecule has 0 unspecified atom stereocenters. The van der Waals surface area contributed by atoms with Gasteiger partial charge in [-0.3, -0.25) is 4.68 Å². The van der Waals surface area contributed by atoms with Gasteiger partial charge in [0.1, 0.15) is 5.69 Å². The molecule has 0 aliphatic rings. The van der Waals surface area contributed by atoms with Crippen LogP contribution in [-0.2, 0) is 13.0 Å². The summed E-state index contributed by atoms with van der Waals surface area (Å²) in [5.74, 6) is 0.402. The summed E-state index contributed by atoms with van der Waals surface area (Å²) >= 11 is 0. The number of unbranched alkanes of at least 4 members (excludes halogenated alkanes) is 2. The Morgan fingerprint density at radius 3 is 2.47 bits per heavy atom. The van der Waals surface area contributed by atoms with Crippen molar-refractivity contribution in [2.75, 3.05) is 0 Å². The minimum Gasteiger partial charge on any atom is -0.504 e. The molecule has 0 amide bonds. The zero-order chi connectivity index (χ0) is 11.3. The van der Waals surface area contributed by atoms with Crippen LogP contribution in [0.5, 0.6) is 5.75 Å². The number of aromatic hydroxyl groups is 1. The molecular weight excluding hydrogens is 188 g/mol. The highest BCUT2D eigenvalue weighted by Crippen LogP contribution is 2.23. The second-order valence-electron chi connectivity index (χ2n) is 4.06. The number of aromatic nitrogens is 2. The predicted molar refractivity (Wildman–Crippen MR) is 62.1 cm³/mol. The van der Waals surface area contributed by atoms with Crippen molar-refractivity contribution in [3.05, 3.63) is 11.4 Å². The lowest BCUT2D eigenvalue weighted by atomic mass is 10.2. The molecule has 0 saturated heterocycles. The highest BCUT2D eigenvalue weighted by molar-refractivity contribution is 5.31. The van der Waals surface area contributed by atoms with Crippen LogP contribution in [0.1, 0.15) is 50.9 Å². The monoisotopic (exact) mass is 210 g/mol. The molecule has 0 aromatic carbocycles. The predicted octanol–water partition coefficient (Wildman–Crippen LogP) is 3.04. The second kappa shape index (κ2) is 5.79. The number of aryl methyl sites for hydroxylation is 2. The lowest BCUT2D eigenvalue weighted by molar-refractivity contribution is 0.456. The average molecular weight is 210 g/mol. The maximum Gasteiger partial charge on any atom is 0.159 e. The molecule has 0 fully saturated rings. The van der Waals surface area contributed by atoms with Crippen molar-refractivity contribution in [3.8, 4) is 5.75 Å². The van der Waals surface area contributed by atoms with E-state index in [1.807, 2.05) is 11.6 Å². The van der Waals surface area contributed by atoms with Gasteiger partial charge in [0.05, 0.1) is 5.69 Å². The molecule has 1 N–H and O–H groups in total. The Morgan fingerprint density at radius 2 is 1.87 bits per heavy atom. The Bertz CT molecular complexity index is 305. The van der Waals surface area contributed by atoms with E-state index in [0.29, 0.717) is 5.75 Å². The molecule has 0 aliphatic carbocycles. The van der Waals surface area contributed by atoms with Crippen molar-refractivity contribution in [2.24, 2.45) is 0 Å². The van der Waals surface area contributed by atoms with Crippen LogP contribution in [0, 0.1) is 6.92 Å². The van der Waals surface area contributed by atoms with Crippen molar-refractivity contribution in [1.29, 1.82) is 0 Å². The molecule has 1 aromatic heterocycles. The Morgan fingerprint density at radius 1 is 1.20 bits per heavy atom. The van der Waals surface area contributed by atoms with Gasteiger partial charge < -0.3 is 5.11 Å². The molecule has 0 aliphatic heterocycles. The van der Waals surface area contributed by atoms with Crippen LogP contribution in [0.4, 0.5) is 0 Å². The van der Waals surface area contributed by atoms with Gasteiger partial charge in [0.25, 0.3) is 0 Å². The fraction of sp³-hybridized carbons (Fsp3) is 0.750. The Kier molecular flexibility index (Phi) is 4.66. The molecule has 86 valence electrons. The first-order valence-corrected chi connectivity index (χ1v) is 5.95. The lowest BCUT2D eigenvalue weighted by Gasteiger charge is -2.06. The third-order valence-corrected chi connectivity index (χ3v) is 2.69. The van der Waals surface area contributed by atoms with Gasteiger partial charge in [0, 0.05) is 6.54 Å². The summed E-state index contributed by atoms with van der Waals surface area (Å²) in [6.45, 7) is 7.13. The summed E-state index contributed by atoms with van der Waals surface area (Å²) in [6, 6.07) is 0. The second-order valence-corrected chi connectivity index (χ2v) is 4.06. The molecule has 0 saturated carbocycles. The number of hydrogen-bond acceptors (Lipinski definition) is 2. The van der Waals surface area contributed by atoms with Gasteiger partial charge in [0.15, 0.2) is 5.75 Å². The maximum atomic E-state index is 9.86. The van der Waals surface area contributed by atoms with E-state index in [1.165, 1.54) is 0 Å². The smallest absolute Gasteiger partial charge is 0.159 e. The van der Waals surface area contributed by atoms with Crippen LogP contribution in [0.3, 0.4) is 0 Å². The molecule has 0 atom stereocenters. The van der Waals surface area contributed by atoms with Gasteiger partial charge >= 0.3 is 0 Å². The highest BCUT2D eigenvalue weighted by atomic mass is 16.3. The molecule has 3 nitrogen and oxygen atoms in total. The summed E-state index contributed by atoms with van der Waals surface area (Å²) < 4.78 is 1.98. The van der Waals surface area contributed by atoms with Gasteiger partial charge in [-0.25, -0.2) is 0 Å². The third-order valence-electron chi connectivity index (χ3n) is 2.69. The number of rotatable bonds is 6. The van der Waals surface area contributed by atoms with Crippen molar-refractivity contribution < 1.29 is 5.11 Å². The Labute approximate surface area is 92.1 Å². The molecule has 1 heterocycles. The van der Waals surface area contributed by atoms with Crippen LogP contribution < -0.4 is 0 Å². The molecular formula is C12H22N2O. The molecule has 0 spiro atoms. The van der Waals surface area contributed by atoms with Crippen LogP contribution in [0.25, 0.3) is 0 Å². The minimum atomic E-state index is 0.402. The van der Waals surface area contributed by atoms with Crippen LogP contribution in [0.15, 0.2) is 0 Å². The lowest BCUT2D eigenvalue weighted by Crippen LogP contribution is -2.05. The van der Waals surface area contributed by atoms with E-state index >= 15 is 0 Å². The summed E-state index contributed by atoms with van der Waals surface area (Å²) in [7, 11) is 0. The summed E-state index contributed by atoms with van der Waals surface area (Å²) in [5.41, 5.74) is 1.78. The van der Waals surface area contributed by atoms with Crippen molar-refractivity contribution in [1.82, 2.24) is 9.78 Å². The fourth-order valence-electron chi connectivity index (χ4n) is 1.70. The minimum absolute atomic E-state index is 0.402. The molecule has 15 heavy (non-hydrogen) atoms. The third kappa shape index (κ3) is 2.98. The zero-order valence-corrected chi connectivity index (χ0v) is 10.1. The summed E-state index contributed by atoms with van der Waals surface area (Å²) in [6.07, 6.45) is 5.49. The topological polar surface area (TPSA) is 38.1 Å². The standard InChI is InChI=1S/C12H22N2O/c1-4-6-8-11-12(15)10(3)13-14(11)9-7-5-2/h15H,4-9H2,1-3H3. The fourth-order valence-corrected chi connectivity index (χ4v) is 1.70.